The first-order chi connectivity index (χ1) is 8.40. The molecule has 0 saturated carbocycles. The van der Waals surface area contributed by atoms with E-state index in [1.807, 2.05) is 32.9 Å². The summed E-state index contributed by atoms with van der Waals surface area (Å²) in [6, 6.07) is 6.01. The van der Waals surface area contributed by atoms with Crippen molar-refractivity contribution in [2.45, 2.75) is 50.9 Å². The van der Waals surface area contributed by atoms with Crippen LogP contribution in [0.25, 0.3) is 0 Å². The molecule has 1 aromatic carbocycles. The molecule has 1 N–H and O–H groups in total. The molecule has 1 aliphatic rings. The van der Waals surface area contributed by atoms with Crippen LogP contribution in [0, 0.1) is 0 Å². The van der Waals surface area contributed by atoms with Crippen LogP contribution in [0.3, 0.4) is 0 Å². The third-order valence-corrected chi connectivity index (χ3v) is 4.34. The van der Waals surface area contributed by atoms with Crippen LogP contribution < -0.4 is 5.32 Å². The number of rotatable bonds is 3. The Morgan fingerprint density at radius 1 is 1.33 bits per heavy atom. The maximum atomic E-state index is 12.2. The minimum Gasteiger partial charge on any atom is -0.346 e. The zero-order chi connectivity index (χ0) is 13.3. The molecule has 2 nitrogen and oxygen atoms in total. The van der Waals surface area contributed by atoms with Gasteiger partial charge in [-0.25, -0.2) is 0 Å². The fraction of sp³-hybridized carbons (Fsp3) is 0.533. The van der Waals surface area contributed by atoms with Gasteiger partial charge in [-0.15, -0.1) is 11.6 Å². The van der Waals surface area contributed by atoms with E-state index < -0.39 is 5.54 Å². The van der Waals surface area contributed by atoms with Gasteiger partial charge in [-0.2, -0.15) is 0 Å². The molecule has 0 fully saturated rings. The molecular formula is C15H20ClNO. The van der Waals surface area contributed by atoms with Crippen LogP contribution in [-0.4, -0.2) is 16.8 Å². The van der Waals surface area contributed by atoms with Crippen molar-refractivity contribution >= 4 is 17.5 Å². The molecule has 2 rings (SSSR count). The number of hydrogen-bond donors (Lipinski definition) is 1. The zero-order valence-electron chi connectivity index (χ0n) is 11.2. The van der Waals surface area contributed by atoms with Gasteiger partial charge in [0, 0.05) is 5.56 Å². The molecule has 1 amide bonds. The van der Waals surface area contributed by atoms with E-state index in [4.69, 9.17) is 11.6 Å². The Labute approximate surface area is 114 Å². The van der Waals surface area contributed by atoms with Crippen LogP contribution in [0.4, 0.5) is 0 Å². The summed E-state index contributed by atoms with van der Waals surface area (Å²) < 4.78 is 0. The normalized spacial score (nSPS) is 16.2. The maximum Gasteiger partial charge on any atom is 0.251 e. The van der Waals surface area contributed by atoms with Crippen LogP contribution in [-0.2, 0) is 12.8 Å². The highest BCUT2D eigenvalue weighted by Gasteiger charge is 2.26. The number of halogens is 1. The third kappa shape index (κ3) is 2.69. The first kappa shape index (κ1) is 13.4. The molecule has 0 spiro atoms. The van der Waals surface area contributed by atoms with Crippen molar-refractivity contribution in [3.8, 4) is 0 Å². The lowest BCUT2D eigenvalue weighted by Crippen LogP contribution is -2.49. The second-order valence-electron chi connectivity index (χ2n) is 5.63. The lowest BCUT2D eigenvalue weighted by molar-refractivity contribution is 0.0912. The maximum absolute atomic E-state index is 12.2. The summed E-state index contributed by atoms with van der Waals surface area (Å²) in [5.41, 5.74) is 3.04. The minimum atomic E-state index is -0.405. The van der Waals surface area contributed by atoms with E-state index in [2.05, 4.69) is 11.4 Å². The van der Waals surface area contributed by atoms with Crippen molar-refractivity contribution in [3.63, 3.8) is 0 Å². The van der Waals surface area contributed by atoms with Crippen molar-refractivity contribution < 1.29 is 4.79 Å². The Kier molecular flexibility index (Phi) is 3.67. The molecule has 98 valence electrons. The highest BCUT2D eigenvalue weighted by atomic mass is 35.5. The Morgan fingerprint density at radius 2 is 2.00 bits per heavy atom. The van der Waals surface area contributed by atoms with E-state index in [-0.39, 0.29) is 11.3 Å². The predicted octanol–water partition coefficient (Wildman–Crippen LogP) is 3.31. The zero-order valence-corrected chi connectivity index (χ0v) is 12.0. The molecule has 0 heterocycles. The van der Waals surface area contributed by atoms with Crippen LogP contribution in [0.15, 0.2) is 18.2 Å². The van der Waals surface area contributed by atoms with Gasteiger partial charge in [-0.1, -0.05) is 6.07 Å². The fourth-order valence-corrected chi connectivity index (χ4v) is 2.23. The van der Waals surface area contributed by atoms with E-state index in [0.717, 1.165) is 18.4 Å². The molecule has 0 bridgehead atoms. The van der Waals surface area contributed by atoms with Gasteiger partial charge < -0.3 is 5.32 Å². The molecule has 1 aromatic rings. The van der Waals surface area contributed by atoms with E-state index in [0.29, 0.717) is 0 Å². The number of nitrogens with one attached hydrogen (secondary N) is 1. The smallest absolute Gasteiger partial charge is 0.251 e. The first-order valence-corrected chi connectivity index (χ1v) is 6.92. The number of benzene rings is 1. The predicted molar refractivity (Wildman–Crippen MR) is 75.3 cm³/mol. The molecule has 1 unspecified atom stereocenters. The van der Waals surface area contributed by atoms with Crippen molar-refractivity contribution in [2.24, 2.45) is 0 Å². The van der Waals surface area contributed by atoms with Crippen LogP contribution in [0.2, 0.25) is 0 Å². The average molecular weight is 266 g/mol. The number of hydrogen-bond acceptors (Lipinski definition) is 1. The van der Waals surface area contributed by atoms with Crippen molar-refractivity contribution in [2.75, 3.05) is 0 Å². The summed E-state index contributed by atoms with van der Waals surface area (Å²) in [6.07, 6.45) is 3.43. The number of fused-ring (bicyclic) bond motifs is 1. The Bertz CT molecular complexity index is 466. The van der Waals surface area contributed by atoms with Crippen LogP contribution in [0.5, 0.6) is 0 Å². The summed E-state index contributed by atoms with van der Waals surface area (Å²) in [4.78, 5) is 12.2. The molecule has 18 heavy (non-hydrogen) atoms. The molecule has 0 radical (unpaired) electrons. The van der Waals surface area contributed by atoms with Crippen LogP contribution in [0.1, 0.15) is 48.7 Å². The Balaban J connectivity index is 2.15. The summed E-state index contributed by atoms with van der Waals surface area (Å²) in [7, 11) is 0. The second-order valence-corrected chi connectivity index (χ2v) is 6.28. The SMILES string of the molecule is CC(Cl)C(C)(C)NC(=O)c1ccc2c(c1)CCC2. The molecule has 3 heteroatoms. The van der Waals surface area contributed by atoms with Gasteiger partial charge in [0.2, 0.25) is 0 Å². The first-order valence-electron chi connectivity index (χ1n) is 6.48. The molecule has 1 aliphatic carbocycles. The minimum absolute atomic E-state index is 0.0396. The standard InChI is InChI=1S/C15H20ClNO/c1-10(16)15(2,3)17-14(18)13-8-7-11-5-4-6-12(11)9-13/h7-10H,4-6H2,1-3H3,(H,17,18). The summed E-state index contributed by atoms with van der Waals surface area (Å²) >= 11 is 6.08. The number of aryl methyl sites for hydroxylation is 2. The van der Waals surface area contributed by atoms with Gasteiger partial charge in [0.15, 0.2) is 0 Å². The fourth-order valence-electron chi connectivity index (χ4n) is 2.18. The number of alkyl halides is 1. The number of carbonyl (C=O) groups is 1. The van der Waals surface area contributed by atoms with Gasteiger partial charge in [0.05, 0.1) is 10.9 Å². The topological polar surface area (TPSA) is 29.1 Å². The second kappa shape index (κ2) is 4.93. The van der Waals surface area contributed by atoms with Gasteiger partial charge in [0.25, 0.3) is 5.91 Å². The molecule has 0 aromatic heterocycles. The average Bonchev–Trinajstić information content (AvgIpc) is 2.74. The number of amides is 1. The Morgan fingerprint density at radius 3 is 2.67 bits per heavy atom. The molecule has 0 saturated heterocycles. The van der Waals surface area contributed by atoms with Gasteiger partial charge in [-0.3, -0.25) is 4.79 Å². The largest absolute Gasteiger partial charge is 0.346 e. The number of carbonyl (C=O) groups excluding carboxylic acids is 1. The summed E-state index contributed by atoms with van der Waals surface area (Å²) in [5.74, 6) is -0.0396. The quantitative estimate of drug-likeness (QED) is 0.835. The monoisotopic (exact) mass is 265 g/mol. The van der Waals surface area contributed by atoms with Gasteiger partial charge in [-0.05, 0) is 63.3 Å². The summed E-state index contributed by atoms with van der Waals surface area (Å²) in [5, 5.41) is 2.88. The molecular weight excluding hydrogens is 246 g/mol. The lowest BCUT2D eigenvalue weighted by atomic mass is 10.00. The van der Waals surface area contributed by atoms with Gasteiger partial charge >= 0.3 is 0 Å². The molecule has 0 aliphatic heterocycles. The summed E-state index contributed by atoms with van der Waals surface area (Å²) in [6.45, 7) is 5.77. The highest BCUT2D eigenvalue weighted by Crippen LogP contribution is 2.23. The van der Waals surface area contributed by atoms with E-state index in [1.165, 1.54) is 17.5 Å². The lowest BCUT2D eigenvalue weighted by Gasteiger charge is -2.29. The van der Waals surface area contributed by atoms with Crippen LogP contribution >= 0.6 is 11.6 Å². The Hall–Kier alpha value is -1.02. The third-order valence-electron chi connectivity index (χ3n) is 3.79. The van der Waals surface area contributed by atoms with Gasteiger partial charge in [0.1, 0.15) is 0 Å². The van der Waals surface area contributed by atoms with Crippen molar-refractivity contribution in [3.05, 3.63) is 34.9 Å². The van der Waals surface area contributed by atoms with Crippen molar-refractivity contribution in [1.29, 1.82) is 0 Å². The van der Waals surface area contributed by atoms with E-state index in [9.17, 15) is 4.79 Å². The van der Waals surface area contributed by atoms with E-state index >= 15 is 0 Å². The van der Waals surface area contributed by atoms with E-state index in [1.54, 1.807) is 0 Å². The highest BCUT2D eigenvalue weighted by molar-refractivity contribution is 6.21. The van der Waals surface area contributed by atoms with Crippen molar-refractivity contribution in [1.82, 2.24) is 5.32 Å². The molecule has 1 atom stereocenters.